The van der Waals surface area contributed by atoms with Gasteiger partial charge in [0.05, 0.1) is 23.3 Å². The normalized spacial score (nSPS) is 11.3. The lowest BCUT2D eigenvalue weighted by atomic mass is 10.1. The first-order chi connectivity index (χ1) is 12.2. The molecule has 26 heavy (non-hydrogen) atoms. The number of nitrogens with one attached hydrogen (secondary N) is 1. The van der Waals surface area contributed by atoms with E-state index >= 15 is 0 Å². The van der Waals surface area contributed by atoms with Crippen LogP contribution in [0.4, 0.5) is 18.2 Å². The lowest BCUT2D eigenvalue weighted by Gasteiger charge is -2.13. The van der Waals surface area contributed by atoms with Crippen LogP contribution in [0.2, 0.25) is 0 Å². The lowest BCUT2D eigenvalue weighted by Crippen LogP contribution is -2.19. The Kier molecular flexibility index (Phi) is 6.07. The van der Waals surface area contributed by atoms with Crippen LogP contribution in [0.15, 0.2) is 24.3 Å². The number of rotatable bonds is 5. The van der Waals surface area contributed by atoms with E-state index in [0.29, 0.717) is 12.0 Å². The number of anilines is 1. The van der Waals surface area contributed by atoms with Crippen LogP contribution in [0, 0.1) is 6.92 Å². The highest BCUT2D eigenvalue weighted by Gasteiger charge is 2.35. The minimum absolute atomic E-state index is 0.154. The second-order valence-electron chi connectivity index (χ2n) is 5.41. The standard InChI is InChI=1S/C18H18F3NO3S/c1-4-11-10(3)26-16(14(11)17(24)25-5-2)22-15(23)12-8-6-7-9-13(12)18(19,20)21/h6-9H,4-5H2,1-3H3,(H,22,23). The zero-order valence-electron chi connectivity index (χ0n) is 14.5. The predicted molar refractivity (Wildman–Crippen MR) is 93.8 cm³/mol. The Bertz CT molecular complexity index is 828. The molecular weight excluding hydrogens is 367 g/mol. The number of ether oxygens (including phenoxy) is 1. The average Bonchev–Trinajstić information content (AvgIpc) is 2.89. The summed E-state index contributed by atoms with van der Waals surface area (Å²) >= 11 is 1.14. The van der Waals surface area contributed by atoms with Crippen LogP contribution in [0.25, 0.3) is 0 Å². The van der Waals surface area contributed by atoms with Crippen LogP contribution in [-0.4, -0.2) is 18.5 Å². The van der Waals surface area contributed by atoms with Crippen LogP contribution >= 0.6 is 11.3 Å². The Morgan fingerprint density at radius 3 is 2.42 bits per heavy atom. The van der Waals surface area contributed by atoms with Gasteiger partial charge in [0, 0.05) is 4.88 Å². The van der Waals surface area contributed by atoms with Crippen molar-refractivity contribution in [2.45, 2.75) is 33.4 Å². The Morgan fingerprint density at radius 2 is 1.85 bits per heavy atom. The summed E-state index contributed by atoms with van der Waals surface area (Å²) in [5, 5.41) is 2.65. The topological polar surface area (TPSA) is 55.4 Å². The number of hydrogen-bond donors (Lipinski definition) is 1. The number of alkyl halides is 3. The van der Waals surface area contributed by atoms with Crippen molar-refractivity contribution in [1.29, 1.82) is 0 Å². The molecule has 8 heteroatoms. The van der Waals surface area contributed by atoms with Crippen molar-refractivity contribution < 1.29 is 27.5 Å². The molecule has 1 aromatic carbocycles. The summed E-state index contributed by atoms with van der Waals surface area (Å²) in [5.41, 5.74) is -0.611. The quantitative estimate of drug-likeness (QED) is 0.732. The highest BCUT2D eigenvalue weighted by molar-refractivity contribution is 7.16. The Balaban J connectivity index is 2.44. The maximum atomic E-state index is 13.1. The number of halogens is 3. The highest BCUT2D eigenvalue weighted by Crippen LogP contribution is 2.36. The van der Waals surface area contributed by atoms with Crippen molar-refractivity contribution in [1.82, 2.24) is 0 Å². The fourth-order valence-corrected chi connectivity index (χ4v) is 3.74. The van der Waals surface area contributed by atoms with E-state index in [-0.39, 0.29) is 17.2 Å². The van der Waals surface area contributed by atoms with Gasteiger partial charge in [-0.1, -0.05) is 19.1 Å². The molecule has 0 bridgehead atoms. The summed E-state index contributed by atoms with van der Waals surface area (Å²) in [6.07, 6.45) is -4.12. The van der Waals surface area contributed by atoms with Gasteiger partial charge in [0.25, 0.3) is 5.91 Å². The molecule has 1 aromatic heterocycles. The van der Waals surface area contributed by atoms with Crippen LogP contribution < -0.4 is 5.32 Å². The van der Waals surface area contributed by atoms with E-state index in [1.54, 1.807) is 13.8 Å². The molecule has 140 valence electrons. The Hall–Kier alpha value is -2.35. The van der Waals surface area contributed by atoms with Gasteiger partial charge in [0.2, 0.25) is 0 Å². The molecule has 0 aliphatic carbocycles. The lowest BCUT2D eigenvalue weighted by molar-refractivity contribution is -0.137. The van der Waals surface area contributed by atoms with Crippen LogP contribution in [-0.2, 0) is 17.3 Å². The summed E-state index contributed by atoms with van der Waals surface area (Å²) in [6, 6.07) is 4.52. The summed E-state index contributed by atoms with van der Waals surface area (Å²) in [6.45, 7) is 5.44. The number of amides is 1. The molecule has 0 unspecified atom stereocenters. The fourth-order valence-electron chi connectivity index (χ4n) is 2.61. The first kappa shape index (κ1) is 20.0. The average molecular weight is 385 g/mol. The third kappa shape index (κ3) is 4.07. The van der Waals surface area contributed by atoms with E-state index in [0.717, 1.165) is 28.3 Å². The minimum Gasteiger partial charge on any atom is -0.462 e. The van der Waals surface area contributed by atoms with Gasteiger partial charge in [-0.3, -0.25) is 4.79 Å². The predicted octanol–water partition coefficient (Wildman–Crippen LogP) is 5.07. The van der Waals surface area contributed by atoms with Gasteiger partial charge in [-0.25, -0.2) is 4.79 Å². The number of hydrogen-bond acceptors (Lipinski definition) is 4. The molecular formula is C18H18F3NO3S. The molecule has 0 aliphatic heterocycles. The molecule has 1 N–H and O–H groups in total. The van der Waals surface area contributed by atoms with Crippen molar-refractivity contribution in [2.24, 2.45) is 0 Å². The Morgan fingerprint density at radius 1 is 1.19 bits per heavy atom. The Labute approximate surface area is 153 Å². The minimum atomic E-state index is -4.65. The van der Waals surface area contributed by atoms with E-state index in [4.69, 9.17) is 4.74 Å². The van der Waals surface area contributed by atoms with E-state index in [2.05, 4.69) is 5.32 Å². The second-order valence-corrected chi connectivity index (χ2v) is 6.64. The van der Waals surface area contributed by atoms with Gasteiger partial charge in [0.1, 0.15) is 5.00 Å². The van der Waals surface area contributed by atoms with Gasteiger partial charge in [-0.05, 0) is 38.0 Å². The van der Waals surface area contributed by atoms with Crippen molar-refractivity contribution in [3.05, 3.63) is 51.4 Å². The van der Waals surface area contributed by atoms with Crippen molar-refractivity contribution >= 4 is 28.2 Å². The van der Waals surface area contributed by atoms with Crippen LogP contribution in [0.3, 0.4) is 0 Å². The van der Waals surface area contributed by atoms with Crippen LogP contribution in [0.5, 0.6) is 0 Å². The van der Waals surface area contributed by atoms with E-state index in [9.17, 15) is 22.8 Å². The summed E-state index contributed by atoms with van der Waals surface area (Å²) in [5.74, 6) is -1.53. The third-order valence-electron chi connectivity index (χ3n) is 3.75. The SMILES string of the molecule is CCOC(=O)c1c(NC(=O)c2ccccc2C(F)(F)F)sc(C)c1CC. The molecule has 2 aromatic rings. The number of thiophene rings is 1. The summed E-state index contributed by atoms with van der Waals surface area (Å²) in [4.78, 5) is 25.5. The third-order valence-corrected chi connectivity index (χ3v) is 4.81. The highest BCUT2D eigenvalue weighted by atomic mass is 32.1. The number of benzene rings is 1. The number of carbonyl (C=O) groups is 2. The second kappa shape index (κ2) is 7.90. The van der Waals surface area contributed by atoms with Gasteiger partial charge in [0.15, 0.2) is 0 Å². The van der Waals surface area contributed by atoms with Crippen molar-refractivity contribution in [3.63, 3.8) is 0 Å². The van der Waals surface area contributed by atoms with E-state index in [1.807, 2.05) is 6.92 Å². The molecule has 2 rings (SSSR count). The van der Waals surface area contributed by atoms with Gasteiger partial charge >= 0.3 is 12.1 Å². The molecule has 0 saturated heterocycles. The van der Waals surface area contributed by atoms with Gasteiger partial charge < -0.3 is 10.1 Å². The van der Waals surface area contributed by atoms with Crippen molar-refractivity contribution in [2.75, 3.05) is 11.9 Å². The molecule has 4 nitrogen and oxygen atoms in total. The number of aryl methyl sites for hydroxylation is 1. The largest absolute Gasteiger partial charge is 0.462 e. The molecule has 0 radical (unpaired) electrons. The molecule has 0 saturated carbocycles. The first-order valence-electron chi connectivity index (χ1n) is 7.97. The summed E-state index contributed by atoms with van der Waals surface area (Å²) in [7, 11) is 0. The molecule has 0 spiro atoms. The molecule has 0 aliphatic rings. The molecule has 1 amide bonds. The monoisotopic (exact) mass is 385 g/mol. The number of carbonyl (C=O) groups excluding carboxylic acids is 2. The molecule has 1 heterocycles. The van der Waals surface area contributed by atoms with E-state index < -0.39 is 29.2 Å². The maximum absolute atomic E-state index is 13.1. The van der Waals surface area contributed by atoms with Gasteiger partial charge in [-0.2, -0.15) is 13.2 Å². The van der Waals surface area contributed by atoms with Crippen LogP contribution in [0.1, 0.15) is 50.6 Å². The van der Waals surface area contributed by atoms with Gasteiger partial charge in [-0.15, -0.1) is 11.3 Å². The van der Waals surface area contributed by atoms with Crippen molar-refractivity contribution in [3.8, 4) is 0 Å². The zero-order chi connectivity index (χ0) is 19.5. The maximum Gasteiger partial charge on any atom is 0.417 e. The first-order valence-corrected chi connectivity index (χ1v) is 8.79. The molecule has 0 fully saturated rings. The smallest absolute Gasteiger partial charge is 0.417 e. The number of esters is 1. The fraction of sp³-hybridized carbons (Fsp3) is 0.333. The zero-order valence-corrected chi connectivity index (χ0v) is 15.3. The summed E-state index contributed by atoms with van der Waals surface area (Å²) < 4.78 is 44.4. The molecule has 0 atom stereocenters. The van der Waals surface area contributed by atoms with E-state index in [1.165, 1.54) is 12.1 Å².